The van der Waals surface area contributed by atoms with Crippen LogP contribution >= 0.6 is 0 Å². The summed E-state index contributed by atoms with van der Waals surface area (Å²) in [5, 5.41) is 3.44. The topological polar surface area (TPSA) is 12.0 Å². The Morgan fingerprint density at radius 2 is 1.60 bits per heavy atom. The van der Waals surface area contributed by atoms with E-state index in [1.807, 2.05) is 19.1 Å². The molecule has 1 unspecified atom stereocenters. The highest BCUT2D eigenvalue weighted by Gasteiger charge is 2.21. The molecule has 0 bridgehead atoms. The van der Waals surface area contributed by atoms with E-state index in [0.717, 1.165) is 17.5 Å². The molecule has 0 radical (unpaired) electrons. The van der Waals surface area contributed by atoms with E-state index < -0.39 is 0 Å². The van der Waals surface area contributed by atoms with Crippen molar-refractivity contribution >= 4 is 0 Å². The molecule has 15 heavy (non-hydrogen) atoms. The molecule has 1 N–H and O–H groups in total. The molecular weight excluding hydrogens is 182 g/mol. The molecule has 0 fully saturated rings. The number of rotatable bonds is 6. The van der Waals surface area contributed by atoms with Crippen LogP contribution < -0.4 is 5.32 Å². The minimum Gasteiger partial charge on any atom is -0.383 e. The van der Waals surface area contributed by atoms with E-state index in [0.29, 0.717) is 12.0 Å². The van der Waals surface area contributed by atoms with Crippen molar-refractivity contribution in [2.24, 2.45) is 17.8 Å². The molecule has 0 aliphatic heterocycles. The molecule has 88 valence electrons. The highest BCUT2D eigenvalue weighted by molar-refractivity contribution is 5.12. The molecule has 0 aliphatic carbocycles. The summed E-state index contributed by atoms with van der Waals surface area (Å²) in [5.74, 6) is 2.12. The molecule has 1 heteroatoms. The quantitative estimate of drug-likeness (QED) is 0.652. The second-order valence-electron chi connectivity index (χ2n) is 4.92. The number of hydrogen-bond donors (Lipinski definition) is 1. The molecule has 0 saturated carbocycles. The van der Waals surface area contributed by atoms with Crippen LogP contribution in [0.1, 0.15) is 41.5 Å². The van der Waals surface area contributed by atoms with Crippen molar-refractivity contribution in [2.75, 3.05) is 0 Å². The zero-order chi connectivity index (χ0) is 12.0. The molecule has 0 rings (SSSR count). The lowest BCUT2D eigenvalue weighted by Gasteiger charge is -2.30. The third kappa shape index (κ3) is 5.06. The highest BCUT2D eigenvalue weighted by Crippen LogP contribution is 2.23. The van der Waals surface area contributed by atoms with Crippen molar-refractivity contribution < 1.29 is 0 Å². The molecule has 0 aromatic rings. The Morgan fingerprint density at radius 3 is 2.00 bits per heavy atom. The molecule has 1 nitrogen and oxygen atoms in total. The maximum Gasteiger partial charge on any atom is 0.0265 e. The van der Waals surface area contributed by atoms with Crippen LogP contribution in [-0.4, -0.2) is 6.04 Å². The van der Waals surface area contributed by atoms with E-state index in [2.05, 4.69) is 46.5 Å². The van der Waals surface area contributed by atoms with Gasteiger partial charge < -0.3 is 5.32 Å². The van der Waals surface area contributed by atoms with Gasteiger partial charge in [0, 0.05) is 11.7 Å². The van der Waals surface area contributed by atoms with Crippen molar-refractivity contribution in [3.05, 3.63) is 24.4 Å². The van der Waals surface area contributed by atoms with Gasteiger partial charge in [-0.2, -0.15) is 0 Å². The van der Waals surface area contributed by atoms with E-state index in [9.17, 15) is 0 Å². The molecule has 0 aromatic heterocycles. The number of allylic oxidation sites excluding steroid dienone is 2. The van der Waals surface area contributed by atoms with Gasteiger partial charge in [0.1, 0.15) is 0 Å². The van der Waals surface area contributed by atoms with Crippen molar-refractivity contribution in [1.29, 1.82) is 0 Å². The predicted octanol–water partition coefficient (Wildman–Crippen LogP) is 3.98. The van der Waals surface area contributed by atoms with Crippen molar-refractivity contribution in [3.63, 3.8) is 0 Å². The molecule has 0 spiro atoms. The van der Waals surface area contributed by atoms with E-state index in [4.69, 9.17) is 0 Å². The van der Waals surface area contributed by atoms with Gasteiger partial charge in [0.05, 0.1) is 0 Å². The second kappa shape index (κ2) is 6.71. The molecule has 3 atom stereocenters. The Morgan fingerprint density at radius 1 is 1.07 bits per heavy atom. The summed E-state index contributed by atoms with van der Waals surface area (Å²) in [5.41, 5.74) is 1.01. The van der Waals surface area contributed by atoms with Crippen LogP contribution in [0.3, 0.4) is 0 Å². The van der Waals surface area contributed by atoms with Gasteiger partial charge in [0.15, 0.2) is 0 Å². The smallest absolute Gasteiger partial charge is 0.0265 e. The van der Waals surface area contributed by atoms with Crippen molar-refractivity contribution in [2.45, 2.75) is 47.6 Å². The highest BCUT2D eigenvalue weighted by atomic mass is 14.9. The summed E-state index contributed by atoms with van der Waals surface area (Å²) in [6.45, 7) is 17.4. The first-order valence-corrected chi connectivity index (χ1v) is 5.98. The van der Waals surface area contributed by atoms with Crippen LogP contribution in [0.15, 0.2) is 24.4 Å². The van der Waals surface area contributed by atoms with Gasteiger partial charge in [0.25, 0.3) is 0 Å². The summed E-state index contributed by atoms with van der Waals surface area (Å²) in [7, 11) is 0. The minimum atomic E-state index is 0.478. The molecule has 0 amide bonds. The third-order valence-electron chi connectivity index (χ3n) is 3.45. The SMILES string of the molecule is C=C(/C=C\C)NC(C)[C@@H](C)[C@H](C)C(C)C. The van der Waals surface area contributed by atoms with Crippen LogP contribution in [0.25, 0.3) is 0 Å². The molecule has 0 aromatic carbocycles. The summed E-state index contributed by atoms with van der Waals surface area (Å²) in [4.78, 5) is 0. The lowest BCUT2D eigenvalue weighted by Crippen LogP contribution is -2.35. The Kier molecular flexibility index (Phi) is 6.38. The standard InChI is InChI=1S/C14H27N/c1-8-9-11(4)15-14(7)13(6)12(5)10(2)3/h8-10,12-15H,4H2,1-3,5-7H3/b9-8-/t12-,13+,14?/m1/s1. The average molecular weight is 209 g/mol. The summed E-state index contributed by atoms with van der Waals surface area (Å²) >= 11 is 0. The van der Waals surface area contributed by atoms with Gasteiger partial charge in [-0.25, -0.2) is 0 Å². The van der Waals surface area contributed by atoms with Crippen LogP contribution in [0.5, 0.6) is 0 Å². The third-order valence-corrected chi connectivity index (χ3v) is 3.45. The Hall–Kier alpha value is -0.720. The Labute approximate surface area is 95.7 Å². The van der Waals surface area contributed by atoms with Crippen LogP contribution in [0.4, 0.5) is 0 Å². The average Bonchev–Trinajstić information content (AvgIpc) is 2.15. The first kappa shape index (κ1) is 14.3. The fraction of sp³-hybridized carbons (Fsp3) is 0.714. The molecule has 0 saturated heterocycles. The first-order chi connectivity index (χ1) is 6.90. The largest absolute Gasteiger partial charge is 0.383 e. The van der Waals surface area contributed by atoms with Crippen LogP contribution in [0.2, 0.25) is 0 Å². The van der Waals surface area contributed by atoms with E-state index >= 15 is 0 Å². The Bertz CT molecular complexity index is 215. The van der Waals surface area contributed by atoms with Gasteiger partial charge >= 0.3 is 0 Å². The van der Waals surface area contributed by atoms with Gasteiger partial charge in [-0.1, -0.05) is 40.3 Å². The maximum absolute atomic E-state index is 3.97. The van der Waals surface area contributed by atoms with Gasteiger partial charge in [-0.3, -0.25) is 0 Å². The predicted molar refractivity (Wildman–Crippen MR) is 69.7 cm³/mol. The number of nitrogens with one attached hydrogen (secondary N) is 1. The van der Waals surface area contributed by atoms with Gasteiger partial charge in [-0.15, -0.1) is 0 Å². The van der Waals surface area contributed by atoms with Crippen LogP contribution in [0, 0.1) is 17.8 Å². The van der Waals surface area contributed by atoms with Gasteiger partial charge in [-0.05, 0) is 37.7 Å². The molecular formula is C14H27N. The normalized spacial score (nSPS) is 17.8. The Balaban J connectivity index is 4.20. The minimum absolute atomic E-state index is 0.478. The van der Waals surface area contributed by atoms with E-state index in [1.54, 1.807) is 0 Å². The zero-order valence-electron chi connectivity index (χ0n) is 11.2. The van der Waals surface area contributed by atoms with E-state index in [1.165, 1.54) is 0 Å². The van der Waals surface area contributed by atoms with E-state index in [-0.39, 0.29) is 0 Å². The summed E-state index contributed by atoms with van der Waals surface area (Å²) in [6.07, 6.45) is 4.03. The lowest BCUT2D eigenvalue weighted by molar-refractivity contribution is 0.249. The summed E-state index contributed by atoms with van der Waals surface area (Å²) in [6, 6.07) is 0.478. The number of hydrogen-bond acceptors (Lipinski definition) is 1. The van der Waals surface area contributed by atoms with Crippen molar-refractivity contribution in [1.82, 2.24) is 5.32 Å². The second-order valence-corrected chi connectivity index (χ2v) is 4.92. The van der Waals surface area contributed by atoms with Gasteiger partial charge in [0.2, 0.25) is 0 Å². The fourth-order valence-corrected chi connectivity index (χ4v) is 1.74. The lowest BCUT2D eigenvalue weighted by atomic mass is 9.82. The maximum atomic E-state index is 3.97. The fourth-order valence-electron chi connectivity index (χ4n) is 1.74. The van der Waals surface area contributed by atoms with Crippen LogP contribution in [-0.2, 0) is 0 Å². The first-order valence-electron chi connectivity index (χ1n) is 5.98. The zero-order valence-corrected chi connectivity index (χ0v) is 11.2. The molecule has 0 aliphatic rings. The monoisotopic (exact) mass is 209 g/mol. The van der Waals surface area contributed by atoms with Crippen molar-refractivity contribution in [3.8, 4) is 0 Å². The summed E-state index contributed by atoms with van der Waals surface area (Å²) < 4.78 is 0. The molecule has 0 heterocycles.